The van der Waals surface area contributed by atoms with E-state index >= 15 is 0 Å². The van der Waals surface area contributed by atoms with Gasteiger partial charge in [0.05, 0.1) is 4.88 Å². The number of benzene rings is 1. The number of nitrogens with zero attached hydrogens (tertiary/aromatic N) is 1. The van der Waals surface area contributed by atoms with Crippen LogP contribution >= 0.6 is 11.3 Å². The van der Waals surface area contributed by atoms with E-state index in [9.17, 15) is 4.79 Å². The number of amides is 1. The highest BCUT2D eigenvalue weighted by Gasteiger charge is 2.20. The summed E-state index contributed by atoms with van der Waals surface area (Å²) >= 11 is 1.56. The number of pyridine rings is 1. The average molecular weight is 434 g/mol. The molecule has 0 aliphatic carbocycles. The minimum atomic E-state index is 0.0197. The lowest BCUT2D eigenvalue weighted by Crippen LogP contribution is -2.35. The highest BCUT2D eigenvalue weighted by molar-refractivity contribution is 7.18. The maximum atomic E-state index is 13.0. The molecule has 0 bridgehead atoms. The molecule has 2 N–H and O–H groups in total. The third kappa shape index (κ3) is 5.23. The van der Waals surface area contributed by atoms with Gasteiger partial charge in [-0.25, -0.2) is 0 Å². The van der Waals surface area contributed by atoms with Crippen molar-refractivity contribution in [3.05, 3.63) is 65.3 Å². The van der Waals surface area contributed by atoms with Crippen LogP contribution in [0.1, 0.15) is 48.8 Å². The smallest absolute Gasteiger partial charge is 0.261 e. The summed E-state index contributed by atoms with van der Waals surface area (Å²) in [6.07, 6.45) is 5.89. The van der Waals surface area contributed by atoms with Crippen LogP contribution in [0.5, 0.6) is 0 Å². The summed E-state index contributed by atoms with van der Waals surface area (Å²) in [6, 6.07) is 14.7. The molecule has 0 radical (unpaired) electrons. The van der Waals surface area contributed by atoms with Crippen LogP contribution < -0.4 is 10.6 Å². The number of rotatable bonds is 5. The lowest BCUT2D eigenvalue weighted by Gasteiger charge is -2.22. The van der Waals surface area contributed by atoms with Gasteiger partial charge in [0.25, 0.3) is 5.91 Å². The number of piperidine rings is 1. The molecule has 5 heteroatoms. The molecule has 0 unspecified atom stereocenters. The Balaban J connectivity index is 1.62. The molecule has 1 aliphatic rings. The van der Waals surface area contributed by atoms with Crippen LogP contribution in [0.3, 0.4) is 0 Å². The Kier molecular flexibility index (Phi) is 6.54. The number of hydrogen-bond donors (Lipinski definition) is 2. The van der Waals surface area contributed by atoms with Crippen LogP contribution in [0.25, 0.3) is 21.6 Å². The van der Waals surface area contributed by atoms with Gasteiger partial charge in [0.15, 0.2) is 0 Å². The predicted octanol–water partition coefficient (Wildman–Crippen LogP) is 5.50. The lowest BCUT2D eigenvalue weighted by atomic mass is 9.86. The summed E-state index contributed by atoms with van der Waals surface area (Å²) in [4.78, 5) is 19.1. The van der Waals surface area contributed by atoms with Crippen LogP contribution in [0.2, 0.25) is 0 Å². The van der Waals surface area contributed by atoms with E-state index in [2.05, 4.69) is 66.7 Å². The SMILES string of the molecule is CC(C)(C)c1ccc(-c2sc(C(=O)NCC3CCNCC3)cc2-c2cccnc2)cc1. The fraction of sp³-hybridized carbons (Fsp3) is 0.385. The van der Waals surface area contributed by atoms with Gasteiger partial charge in [-0.05, 0) is 60.5 Å². The van der Waals surface area contributed by atoms with Crippen molar-refractivity contribution in [2.75, 3.05) is 19.6 Å². The minimum Gasteiger partial charge on any atom is -0.351 e. The van der Waals surface area contributed by atoms with Gasteiger partial charge in [-0.15, -0.1) is 11.3 Å². The molecule has 162 valence electrons. The summed E-state index contributed by atoms with van der Waals surface area (Å²) < 4.78 is 0. The van der Waals surface area contributed by atoms with E-state index in [0.717, 1.165) is 58.9 Å². The second kappa shape index (κ2) is 9.33. The normalized spacial score (nSPS) is 15.1. The highest BCUT2D eigenvalue weighted by atomic mass is 32.1. The van der Waals surface area contributed by atoms with Gasteiger partial charge in [0, 0.05) is 34.9 Å². The summed E-state index contributed by atoms with van der Waals surface area (Å²) in [7, 11) is 0. The van der Waals surface area contributed by atoms with Gasteiger partial charge in [-0.3, -0.25) is 9.78 Å². The van der Waals surface area contributed by atoms with E-state index in [1.54, 1.807) is 17.5 Å². The van der Waals surface area contributed by atoms with Crippen molar-refractivity contribution in [2.45, 2.75) is 39.0 Å². The zero-order valence-corrected chi connectivity index (χ0v) is 19.4. The molecule has 0 saturated carbocycles. The van der Waals surface area contributed by atoms with E-state index in [1.807, 2.05) is 18.3 Å². The number of hydrogen-bond acceptors (Lipinski definition) is 4. The number of carbonyl (C=O) groups excluding carboxylic acids is 1. The second-order valence-electron chi connectivity index (χ2n) is 9.33. The van der Waals surface area contributed by atoms with Crippen LogP contribution in [0, 0.1) is 5.92 Å². The first-order valence-corrected chi connectivity index (χ1v) is 11.9. The maximum absolute atomic E-state index is 13.0. The van der Waals surface area contributed by atoms with Crippen LogP contribution in [0.4, 0.5) is 0 Å². The van der Waals surface area contributed by atoms with Crippen molar-refractivity contribution in [1.29, 1.82) is 0 Å². The maximum Gasteiger partial charge on any atom is 0.261 e. The standard InChI is InChI=1S/C26H31N3OS/c1-26(2,3)21-8-6-19(7-9-21)24-22(20-5-4-12-28-17-20)15-23(31-24)25(30)29-16-18-10-13-27-14-11-18/h4-9,12,15,17-18,27H,10-11,13-14,16H2,1-3H3,(H,29,30). The molecule has 1 amide bonds. The molecular formula is C26H31N3OS. The van der Waals surface area contributed by atoms with Gasteiger partial charge < -0.3 is 10.6 Å². The summed E-state index contributed by atoms with van der Waals surface area (Å²) in [5.74, 6) is 0.582. The third-order valence-electron chi connectivity index (χ3n) is 5.95. The van der Waals surface area contributed by atoms with Crippen molar-refractivity contribution in [3.8, 4) is 21.6 Å². The van der Waals surface area contributed by atoms with E-state index in [-0.39, 0.29) is 11.3 Å². The molecule has 1 aromatic carbocycles. The Hall–Kier alpha value is -2.50. The molecule has 0 spiro atoms. The molecule has 4 nitrogen and oxygen atoms in total. The Morgan fingerprint density at radius 1 is 1.13 bits per heavy atom. The molecule has 31 heavy (non-hydrogen) atoms. The Bertz CT molecular complexity index is 1010. The van der Waals surface area contributed by atoms with Crippen LogP contribution in [0.15, 0.2) is 54.9 Å². The van der Waals surface area contributed by atoms with Crippen molar-refractivity contribution < 1.29 is 4.79 Å². The summed E-state index contributed by atoms with van der Waals surface area (Å²) in [6.45, 7) is 9.49. The molecule has 0 atom stereocenters. The highest BCUT2D eigenvalue weighted by Crippen LogP contribution is 2.40. The number of carbonyl (C=O) groups is 1. The predicted molar refractivity (Wildman–Crippen MR) is 130 cm³/mol. The number of thiophene rings is 1. The Morgan fingerprint density at radius 2 is 1.87 bits per heavy atom. The second-order valence-corrected chi connectivity index (χ2v) is 10.4. The van der Waals surface area contributed by atoms with Crippen molar-refractivity contribution in [2.24, 2.45) is 5.92 Å². The summed E-state index contributed by atoms with van der Waals surface area (Å²) in [5.41, 5.74) is 4.64. The first kappa shape index (κ1) is 21.7. The Morgan fingerprint density at radius 3 is 2.52 bits per heavy atom. The largest absolute Gasteiger partial charge is 0.351 e. The molecule has 3 aromatic rings. The molecule has 1 saturated heterocycles. The summed E-state index contributed by atoms with van der Waals surface area (Å²) in [5, 5.41) is 6.55. The minimum absolute atomic E-state index is 0.0197. The van der Waals surface area contributed by atoms with Crippen molar-refractivity contribution in [3.63, 3.8) is 0 Å². The number of aromatic nitrogens is 1. The Labute approximate surface area is 189 Å². The van der Waals surface area contributed by atoms with Crippen LogP contribution in [-0.2, 0) is 5.41 Å². The van der Waals surface area contributed by atoms with E-state index in [0.29, 0.717) is 5.92 Å². The average Bonchev–Trinajstić information content (AvgIpc) is 3.24. The van der Waals surface area contributed by atoms with E-state index < -0.39 is 0 Å². The monoisotopic (exact) mass is 433 g/mol. The fourth-order valence-corrected chi connectivity index (χ4v) is 5.09. The zero-order chi connectivity index (χ0) is 21.8. The van der Waals surface area contributed by atoms with E-state index in [1.165, 1.54) is 5.56 Å². The van der Waals surface area contributed by atoms with Gasteiger partial charge >= 0.3 is 0 Å². The molecular weight excluding hydrogens is 402 g/mol. The van der Waals surface area contributed by atoms with Gasteiger partial charge in [0.2, 0.25) is 0 Å². The van der Waals surface area contributed by atoms with E-state index in [4.69, 9.17) is 0 Å². The lowest BCUT2D eigenvalue weighted by molar-refractivity contribution is 0.0948. The van der Waals surface area contributed by atoms with Crippen molar-refractivity contribution in [1.82, 2.24) is 15.6 Å². The topological polar surface area (TPSA) is 54.0 Å². The first-order valence-electron chi connectivity index (χ1n) is 11.1. The quantitative estimate of drug-likeness (QED) is 0.558. The number of nitrogens with one attached hydrogen (secondary N) is 2. The zero-order valence-electron chi connectivity index (χ0n) is 18.6. The molecule has 3 heterocycles. The third-order valence-corrected chi connectivity index (χ3v) is 7.13. The first-order chi connectivity index (χ1) is 14.9. The molecule has 2 aromatic heterocycles. The fourth-order valence-electron chi connectivity index (χ4n) is 3.99. The molecule has 1 fully saturated rings. The van der Waals surface area contributed by atoms with Gasteiger partial charge in [-0.1, -0.05) is 51.1 Å². The van der Waals surface area contributed by atoms with Gasteiger partial charge in [0.1, 0.15) is 0 Å². The van der Waals surface area contributed by atoms with Gasteiger partial charge in [-0.2, -0.15) is 0 Å². The molecule has 4 rings (SSSR count). The van der Waals surface area contributed by atoms with Crippen molar-refractivity contribution >= 4 is 17.2 Å². The molecule has 1 aliphatic heterocycles. The van der Waals surface area contributed by atoms with Crippen LogP contribution in [-0.4, -0.2) is 30.5 Å².